The van der Waals surface area contributed by atoms with Gasteiger partial charge in [-0.3, -0.25) is 0 Å². The van der Waals surface area contributed by atoms with E-state index in [1.807, 2.05) is 36.4 Å². The van der Waals surface area contributed by atoms with E-state index in [4.69, 9.17) is 16.3 Å². The van der Waals surface area contributed by atoms with Gasteiger partial charge in [0.2, 0.25) is 0 Å². The number of anilines is 1. The average Bonchev–Trinajstić information content (AvgIpc) is 2.43. The van der Waals surface area contributed by atoms with Crippen molar-refractivity contribution in [2.75, 3.05) is 12.4 Å². The molecular weight excluding hydrogens is 326 g/mol. The van der Waals surface area contributed by atoms with E-state index in [9.17, 15) is 0 Å². The summed E-state index contributed by atoms with van der Waals surface area (Å²) < 4.78 is 6.12. The minimum atomic E-state index is 0.183. The van der Waals surface area contributed by atoms with Crippen LogP contribution in [-0.2, 0) is 0 Å². The lowest BCUT2D eigenvalue weighted by Crippen LogP contribution is -2.06. The van der Waals surface area contributed by atoms with Crippen LogP contribution < -0.4 is 10.1 Å². The standard InChI is InChI=1S/C15H15BrClNO/c1-10(11-4-3-5-13(8-11)19-2)18-12-6-7-15(17)14(16)9-12/h3-10,18H,1-2H3. The van der Waals surface area contributed by atoms with Crippen molar-refractivity contribution in [1.82, 2.24) is 0 Å². The molecule has 0 radical (unpaired) electrons. The van der Waals surface area contributed by atoms with Gasteiger partial charge in [0.15, 0.2) is 0 Å². The quantitative estimate of drug-likeness (QED) is 0.817. The van der Waals surface area contributed by atoms with Crippen LogP contribution in [0.3, 0.4) is 0 Å². The second kappa shape index (κ2) is 6.31. The highest BCUT2D eigenvalue weighted by atomic mass is 79.9. The van der Waals surface area contributed by atoms with Crippen LogP contribution in [0.5, 0.6) is 5.75 Å². The van der Waals surface area contributed by atoms with Gasteiger partial charge >= 0.3 is 0 Å². The van der Waals surface area contributed by atoms with Gasteiger partial charge in [0, 0.05) is 16.2 Å². The Morgan fingerprint density at radius 2 is 2.00 bits per heavy atom. The molecule has 2 nitrogen and oxygen atoms in total. The zero-order valence-corrected chi connectivity index (χ0v) is 13.1. The van der Waals surface area contributed by atoms with E-state index in [0.717, 1.165) is 15.9 Å². The zero-order valence-electron chi connectivity index (χ0n) is 10.8. The minimum absolute atomic E-state index is 0.183. The van der Waals surface area contributed by atoms with Crippen LogP contribution in [0, 0.1) is 0 Å². The third-order valence-electron chi connectivity index (χ3n) is 2.90. The Labute approximate surface area is 126 Å². The number of hydrogen-bond donors (Lipinski definition) is 1. The Hall–Kier alpha value is -1.19. The van der Waals surface area contributed by atoms with Gasteiger partial charge in [0.25, 0.3) is 0 Å². The Kier molecular flexibility index (Phi) is 4.72. The first kappa shape index (κ1) is 14.2. The summed E-state index contributed by atoms with van der Waals surface area (Å²) in [5.41, 5.74) is 2.19. The maximum Gasteiger partial charge on any atom is 0.119 e. The Morgan fingerprint density at radius 1 is 1.21 bits per heavy atom. The fraction of sp³-hybridized carbons (Fsp3) is 0.200. The van der Waals surface area contributed by atoms with Crippen molar-refractivity contribution < 1.29 is 4.74 Å². The molecule has 100 valence electrons. The molecule has 1 atom stereocenters. The van der Waals surface area contributed by atoms with E-state index in [1.165, 1.54) is 5.56 Å². The maximum absolute atomic E-state index is 5.98. The molecular formula is C15H15BrClNO. The number of hydrogen-bond acceptors (Lipinski definition) is 2. The summed E-state index contributed by atoms with van der Waals surface area (Å²) in [5, 5.41) is 4.14. The maximum atomic E-state index is 5.98. The summed E-state index contributed by atoms with van der Waals surface area (Å²) in [7, 11) is 1.67. The first-order valence-electron chi connectivity index (χ1n) is 5.95. The van der Waals surface area contributed by atoms with Crippen molar-refractivity contribution in [2.24, 2.45) is 0 Å². The molecule has 0 bridgehead atoms. The van der Waals surface area contributed by atoms with E-state index >= 15 is 0 Å². The van der Waals surface area contributed by atoms with E-state index in [2.05, 4.69) is 34.2 Å². The molecule has 0 aromatic heterocycles. The van der Waals surface area contributed by atoms with Gasteiger partial charge in [-0.05, 0) is 58.7 Å². The molecule has 0 aliphatic heterocycles. The van der Waals surface area contributed by atoms with Gasteiger partial charge in [-0.25, -0.2) is 0 Å². The Bertz CT molecular complexity index is 574. The van der Waals surface area contributed by atoms with Crippen molar-refractivity contribution in [3.05, 3.63) is 57.5 Å². The molecule has 0 aliphatic rings. The second-order valence-electron chi connectivity index (χ2n) is 4.27. The van der Waals surface area contributed by atoms with E-state index < -0.39 is 0 Å². The summed E-state index contributed by atoms with van der Waals surface area (Å²) in [5.74, 6) is 0.864. The summed E-state index contributed by atoms with van der Waals surface area (Å²) in [6, 6.07) is 14.0. The third kappa shape index (κ3) is 3.64. The van der Waals surface area contributed by atoms with Gasteiger partial charge in [-0.1, -0.05) is 23.7 Å². The summed E-state index contributed by atoms with van der Waals surface area (Å²) in [6.07, 6.45) is 0. The molecule has 2 aromatic rings. The second-order valence-corrected chi connectivity index (χ2v) is 5.53. The average molecular weight is 341 g/mol. The topological polar surface area (TPSA) is 21.3 Å². The van der Waals surface area contributed by atoms with Crippen LogP contribution in [0.2, 0.25) is 5.02 Å². The Balaban J connectivity index is 2.15. The lowest BCUT2D eigenvalue weighted by Gasteiger charge is -2.17. The number of rotatable bonds is 4. The molecule has 0 heterocycles. The normalized spacial score (nSPS) is 12.0. The van der Waals surface area contributed by atoms with Gasteiger partial charge in [0.05, 0.1) is 12.1 Å². The predicted octanol–water partition coefficient (Wildman–Crippen LogP) is 5.28. The monoisotopic (exact) mass is 339 g/mol. The zero-order chi connectivity index (χ0) is 13.8. The molecule has 0 spiro atoms. The van der Waals surface area contributed by atoms with E-state index in [-0.39, 0.29) is 6.04 Å². The molecule has 0 amide bonds. The first-order chi connectivity index (χ1) is 9.10. The van der Waals surface area contributed by atoms with Crippen molar-refractivity contribution in [3.8, 4) is 5.75 Å². The lowest BCUT2D eigenvalue weighted by molar-refractivity contribution is 0.414. The highest BCUT2D eigenvalue weighted by molar-refractivity contribution is 9.10. The van der Waals surface area contributed by atoms with Gasteiger partial charge in [0.1, 0.15) is 5.75 Å². The van der Waals surface area contributed by atoms with Gasteiger partial charge in [-0.15, -0.1) is 0 Å². The molecule has 1 unspecified atom stereocenters. The predicted molar refractivity (Wildman–Crippen MR) is 84.2 cm³/mol. The molecule has 2 rings (SSSR count). The van der Waals surface area contributed by atoms with Crippen LogP contribution >= 0.6 is 27.5 Å². The lowest BCUT2D eigenvalue weighted by atomic mass is 10.1. The molecule has 0 fully saturated rings. The van der Waals surface area contributed by atoms with E-state index in [0.29, 0.717) is 5.02 Å². The molecule has 4 heteroatoms. The molecule has 19 heavy (non-hydrogen) atoms. The third-order valence-corrected chi connectivity index (χ3v) is 4.11. The van der Waals surface area contributed by atoms with E-state index in [1.54, 1.807) is 7.11 Å². The number of methoxy groups -OCH3 is 1. The molecule has 0 saturated carbocycles. The summed E-state index contributed by atoms with van der Waals surface area (Å²) in [6.45, 7) is 2.11. The van der Waals surface area contributed by atoms with Crippen LogP contribution in [0.25, 0.3) is 0 Å². The smallest absolute Gasteiger partial charge is 0.119 e. The molecule has 1 N–H and O–H groups in total. The fourth-order valence-corrected chi connectivity index (χ4v) is 2.33. The molecule has 2 aromatic carbocycles. The first-order valence-corrected chi connectivity index (χ1v) is 7.13. The number of halogens is 2. The highest BCUT2D eigenvalue weighted by Crippen LogP contribution is 2.28. The minimum Gasteiger partial charge on any atom is -0.497 e. The number of benzene rings is 2. The van der Waals surface area contributed by atoms with Crippen LogP contribution in [0.15, 0.2) is 46.9 Å². The van der Waals surface area contributed by atoms with Crippen LogP contribution in [0.1, 0.15) is 18.5 Å². The molecule has 0 saturated heterocycles. The van der Waals surface area contributed by atoms with Crippen molar-refractivity contribution in [1.29, 1.82) is 0 Å². The Morgan fingerprint density at radius 3 is 2.68 bits per heavy atom. The number of ether oxygens (including phenoxy) is 1. The number of nitrogens with one attached hydrogen (secondary N) is 1. The van der Waals surface area contributed by atoms with Crippen molar-refractivity contribution in [3.63, 3.8) is 0 Å². The summed E-state index contributed by atoms with van der Waals surface area (Å²) >= 11 is 9.41. The fourth-order valence-electron chi connectivity index (χ4n) is 1.83. The molecule has 0 aliphatic carbocycles. The van der Waals surface area contributed by atoms with Gasteiger partial charge < -0.3 is 10.1 Å². The largest absolute Gasteiger partial charge is 0.497 e. The van der Waals surface area contributed by atoms with Crippen molar-refractivity contribution >= 4 is 33.2 Å². The highest BCUT2D eigenvalue weighted by Gasteiger charge is 2.07. The van der Waals surface area contributed by atoms with Crippen LogP contribution in [0.4, 0.5) is 5.69 Å². The van der Waals surface area contributed by atoms with Crippen LogP contribution in [-0.4, -0.2) is 7.11 Å². The van der Waals surface area contributed by atoms with Gasteiger partial charge in [-0.2, -0.15) is 0 Å². The summed E-state index contributed by atoms with van der Waals surface area (Å²) in [4.78, 5) is 0. The van der Waals surface area contributed by atoms with Crippen molar-refractivity contribution in [2.45, 2.75) is 13.0 Å². The SMILES string of the molecule is COc1cccc(C(C)Nc2ccc(Cl)c(Br)c2)c1.